The summed E-state index contributed by atoms with van der Waals surface area (Å²) in [5.41, 5.74) is 5.28. The van der Waals surface area contributed by atoms with Crippen LogP contribution in [0.4, 0.5) is 13.2 Å². The lowest BCUT2D eigenvalue weighted by atomic mass is 10.1. The second kappa shape index (κ2) is 4.28. The minimum atomic E-state index is -4.02. The summed E-state index contributed by atoms with van der Waals surface area (Å²) >= 11 is 0. The van der Waals surface area contributed by atoms with Crippen molar-refractivity contribution in [2.45, 2.75) is 19.0 Å². The zero-order chi connectivity index (χ0) is 9.90. The first-order chi connectivity index (χ1) is 6.04. The Bertz CT molecular complexity index is 158. The zero-order valence-corrected chi connectivity index (χ0v) is 7.48. The maximum absolute atomic E-state index is 12.2. The molecule has 1 aliphatic rings. The summed E-state index contributed by atoms with van der Waals surface area (Å²) in [6, 6.07) is 0. The van der Waals surface area contributed by atoms with Crippen molar-refractivity contribution in [1.29, 1.82) is 0 Å². The van der Waals surface area contributed by atoms with Crippen LogP contribution in [0.2, 0.25) is 0 Å². The van der Waals surface area contributed by atoms with Gasteiger partial charge in [-0.1, -0.05) is 0 Å². The number of rotatable bonds is 3. The van der Waals surface area contributed by atoms with Gasteiger partial charge >= 0.3 is 6.18 Å². The van der Waals surface area contributed by atoms with Crippen LogP contribution in [0.3, 0.4) is 0 Å². The molecule has 78 valence electrons. The van der Waals surface area contributed by atoms with Gasteiger partial charge in [-0.3, -0.25) is 0 Å². The van der Waals surface area contributed by atoms with Crippen molar-refractivity contribution in [2.24, 2.45) is 11.7 Å². The summed E-state index contributed by atoms with van der Waals surface area (Å²) in [5.74, 6) is -1.12. The molecule has 0 unspecified atom stereocenters. The van der Waals surface area contributed by atoms with Crippen LogP contribution in [0.5, 0.6) is 0 Å². The predicted molar refractivity (Wildman–Crippen MR) is 44.3 cm³/mol. The normalized spacial score (nSPS) is 25.4. The van der Waals surface area contributed by atoms with Crippen molar-refractivity contribution in [2.75, 3.05) is 26.2 Å². The van der Waals surface area contributed by atoms with Gasteiger partial charge in [-0.05, 0) is 32.5 Å². The summed E-state index contributed by atoms with van der Waals surface area (Å²) in [6.07, 6.45) is -2.99. The average Bonchev–Trinajstić information content (AvgIpc) is 2.47. The third-order valence-corrected chi connectivity index (χ3v) is 2.41. The van der Waals surface area contributed by atoms with E-state index in [-0.39, 0.29) is 13.0 Å². The molecule has 0 aromatic carbocycles. The lowest BCUT2D eigenvalue weighted by Crippen LogP contribution is -2.28. The number of likely N-dealkylation sites (tertiary alicyclic amines) is 1. The third kappa shape index (κ3) is 3.15. The first kappa shape index (κ1) is 10.8. The van der Waals surface area contributed by atoms with Gasteiger partial charge in [0.25, 0.3) is 0 Å². The third-order valence-electron chi connectivity index (χ3n) is 2.41. The fourth-order valence-corrected chi connectivity index (χ4v) is 1.62. The fraction of sp³-hybridized carbons (Fsp3) is 1.00. The number of nitrogens with zero attached hydrogens (tertiary/aromatic N) is 1. The van der Waals surface area contributed by atoms with E-state index >= 15 is 0 Å². The number of nitrogens with two attached hydrogens (primary N) is 1. The average molecular weight is 196 g/mol. The molecule has 1 aliphatic heterocycles. The van der Waals surface area contributed by atoms with E-state index in [1.165, 1.54) is 0 Å². The molecule has 2 nitrogen and oxygen atoms in total. The van der Waals surface area contributed by atoms with Crippen LogP contribution in [0.1, 0.15) is 12.8 Å². The molecule has 2 N–H and O–H groups in total. The SMILES string of the molecule is NCCCN1CC[C@H](C(F)(F)F)C1. The van der Waals surface area contributed by atoms with E-state index in [1.54, 1.807) is 0 Å². The van der Waals surface area contributed by atoms with Gasteiger partial charge in [-0.2, -0.15) is 13.2 Å². The second-order valence-electron chi connectivity index (χ2n) is 3.47. The van der Waals surface area contributed by atoms with Crippen LogP contribution in [-0.4, -0.2) is 37.3 Å². The van der Waals surface area contributed by atoms with Crippen LogP contribution < -0.4 is 5.73 Å². The summed E-state index contributed by atoms with van der Waals surface area (Å²) in [6.45, 7) is 1.96. The number of hydrogen-bond acceptors (Lipinski definition) is 2. The highest BCUT2D eigenvalue weighted by Crippen LogP contribution is 2.33. The highest BCUT2D eigenvalue weighted by molar-refractivity contribution is 4.80. The molecular formula is C8H15F3N2. The van der Waals surface area contributed by atoms with Gasteiger partial charge in [0, 0.05) is 6.54 Å². The fourth-order valence-electron chi connectivity index (χ4n) is 1.62. The number of halogens is 3. The summed E-state index contributed by atoms with van der Waals surface area (Å²) in [5, 5.41) is 0. The molecule has 1 rings (SSSR count). The molecule has 5 heteroatoms. The smallest absolute Gasteiger partial charge is 0.330 e. The van der Waals surface area contributed by atoms with Gasteiger partial charge in [-0.15, -0.1) is 0 Å². The van der Waals surface area contributed by atoms with Gasteiger partial charge < -0.3 is 10.6 Å². The Hall–Kier alpha value is -0.290. The molecule has 0 radical (unpaired) electrons. The van der Waals surface area contributed by atoms with Crippen LogP contribution >= 0.6 is 0 Å². The minimum Gasteiger partial charge on any atom is -0.330 e. The van der Waals surface area contributed by atoms with Gasteiger partial charge in [0.1, 0.15) is 0 Å². The molecule has 1 saturated heterocycles. The predicted octanol–water partition coefficient (Wildman–Crippen LogP) is 1.22. The van der Waals surface area contributed by atoms with E-state index in [4.69, 9.17) is 5.73 Å². The highest BCUT2D eigenvalue weighted by atomic mass is 19.4. The van der Waals surface area contributed by atoms with Crippen LogP contribution in [-0.2, 0) is 0 Å². The molecule has 0 saturated carbocycles. The quantitative estimate of drug-likeness (QED) is 0.735. The Kier molecular flexibility index (Phi) is 3.55. The van der Waals surface area contributed by atoms with E-state index in [2.05, 4.69) is 0 Å². The lowest BCUT2D eigenvalue weighted by Gasteiger charge is -2.16. The van der Waals surface area contributed by atoms with E-state index in [0.717, 1.165) is 6.42 Å². The maximum atomic E-state index is 12.2. The largest absolute Gasteiger partial charge is 0.393 e. The van der Waals surface area contributed by atoms with Crippen LogP contribution in [0, 0.1) is 5.92 Å². The monoisotopic (exact) mass is 196 g/mol. The Balaban J connectivity index is 2.28. The Morgan fingerprint density at radius 3 is 2.54 bits per heavy atom. The zero-order valence-electron chi connectivity index (χ0n) is 7.48. The lowest BCUT2D eigenvalue weighted by molar-refractivity contribution is -0.170. The molecule has 0 bridgehead atoms. The standard InChI is InChI=1S/C8H15F3N2/c9-8(10,11)7-2-5-13(6-7)4-1-3-12/h7H,1-6,12H2/t7-/m0/s1. The first-order valence-electron chi connectivity index (χ1n) is 4.53. The molecule has 13 heavy (non-hydrogen) atoms. The molecule has 1 fully saturated rings. The van der Waals surface area contributed by atoms with Crippen LogP contribution in [0.15, 0.2) is 0 Å². The number of alkyl halides is 3. The van der Waals surface area contributed by atoms with E-state index in [1.807, 2.05) is 4.90 Å². The second-order valence-corrected chi connectivity index (χ2v) is 3.47. The van der Waals surface area contributed by atoms with Gasteiger partial charge in [-0.25, -0.2) is 0 Å². The van der Waals surface area contributed by atoms with E-state index < -0.39 is 12.1 Å². The van der Waals surface area contributed by atoms with E-state index in [0.29, 0.717) is 19.6 Å². The Morgan fingerprint density at radius 2 is 2.08 bits per heavy atom. The Morgan fingerprint density at radius 1 is 1.38 bits per heavy atom. The van der Waals surface area contributed by atoms with Gasteiger partial charge in [0.2, 0.25) is 0 Å². The summed E-state index contributed by atoms with van der Waals surface area (Å²) in [4.78, 5) is 1.84. The van der Waals surface area contributed by atoms with Gasteiger partial charge in [0.15, 0.2) is 0 Å². The van der Waals surface area contributed by atoms with Crippen molar-refractivity contribution in [3.05, 3.63) is 0 Å². The van der Waals surface area contributed by atoms with Crippen molar-refractivity contribution in [1.82, 2.24) is 4.90 Å². The maximum Gasteiger partial charge on any atom is 0.393 e. The van der Waals surface area contributed by atoms with Crippen molar-refractivity contribution < 1.29 is 13.2 Å². The molecule has 0 amide bonds. The number of hydrogen-bond donors (Lipinski definition) is 1. The molecule has 0 spiro atoms. The topological polar surface area (TPSA) is 29.3 Å². The minimum absolute atomic E-state index is 0.156. The first-order valence-corrected chi connectivity index (χ1v) is 4.53. The molecule has 0 aliphatic carbocycles. The van der Waals surface area contributed by atoms with Crippen molar-refractivity contribution >= 4 is 0 Å². The molecule has 0 aromatic rings. The summed E-state index contributed by atoms with van der Waals surface area (Å²) < 4.78 is 36.6. The molecule has 1 heterocycles. The van der Waals surface area contributed by atoms with E-state index in [9.17, 15) is 13.2 Å². The molecule has 1 atom stereocenters. The van der Waals surface area contributed by atoms with Crippen molar-refractivity contribution in [3.63, 3.8) is 0 Å². The summed E-state index contributed by atoms with van der Waals surface area (Å²) in [7, 11) is 0. The Labute approximate surface area is 75.9 Å². The van der Waals surface area contributed by atoms with Gasteiger partial charge in [0.05, 0.1) is 5.92 Å². The molecule has 0 aromatic heterocycles. The molecular weight excluding hydrogens is 181 g/mol. The van der Waals surface area contributed by atoms with Crippen molar-refractivity contribution in [3.8, 4) is 0 Å². The van der Waals surface area contributed by atoms with Crippen LogP contribution in [0.25, 0.3) is 0 Å². The highest BCUT2D eigenvalue weighted by Gasteiger charge is 2.43.